The van der Waals surface area contributed by atoms with Crippen LogP contribution in [0, 0.1) is 5.82 Å². The summed E-state index contributed by atoms with van der Waals surface area (Å²) in [7, 11) is 0. The van der Waals surface area contributed by atoms with Crippen LogP contribution >= 0.6 is 0 Å². The Labute approximate surface area is 95.5 Å². The average Bonchev–Trinajstić information content (AvgIpc) is 2.58. The van der Waals surface area contributed by atoms with Gasteiger partial charge in [0.15, 0.2) is 0 Å². The summed E-state index contributed by atoms with van der Waals surface area (Å²) in [6.45, 7) is 0. The van der Waals surface area contributed by atoms with Crippen LogP contribution in [0.4, 0.5) is 4.39 Å². The lowest BCUT2D eigenvalue weighted by Crippen LogP contribution is -2.12. The second-order valence-electron chi connectivity index (χ2n) is 3.81. The van der Waals surface area contributed by atoms with Gasteiger partial charge in [-0.2, -0.15) is 0 Å². The Morgan fingerprint density at radius 1 is 1.47 bits per heavy atom. The quantitative estimate of drug-likeness (QED) is 0.839. The van der Waals surface area contributed by atoms with Crippen LogP contribution in [-0.4, -0.2) is 20.5 Å². The summed E-state index contributed by atoms with van der Waals surface area (Å²) in [5.74, 6) is -1.35. The maximum Gasteiger partial charge on any atom is 0.303 e. The van der Waals surface area contributed by atoms with E-state index in [1.165, 1.54) is 10.6 Å². The lowest BCUT2D eigenvalue weighted by molar-refractivity contribution is -0.137. The van der Waals surface area contributed by atoms with Gasteiger partial charge in [0, 0.05) is 30.6 Å². The van der Waals surface area contributed by atoms with Gasteiger partial charge < -0.3 is 14.5 Å². The van der Waals surface area contributed by atoms with Crippen LogP contribution in [-0.2, 0) is 11.2 Å². The summed E-state index contributed by atoms with van der Waals surface area (Å²) in [4.78, 5) is 24.5. The molecule has 0 spiro atoms. The number of hydrogen-bond acceptors (Lipinski definition) is 2. The smallest absolute Gasteiger partial charge is 0.303 e. The molecule has 2 heterocycles. The molecule has 0 saturated carbocycles. The van der Waals surface area contributed by atoms with E-state index in [2.05, 4.69) is 4.98 Å². The topological polar surface area (TPSA) is 74.6 Å². The number of hydrogen-bond donors (Lipinski definition) is 2. The van der Waals surface area contributed by atoms with Gasteiger partial charge in [0.2, 0.25) is 0 Å². The number of aliphatic carboxylic acids is 1. The van der Waals surface area contributed by atoms with Gasteiger partial charge in [-0.05, 0) is 12.8 Å². The molecule has 90 valence electrons. The van der Waals surface area contributed by atoms with Gasteiger partial charge >= 0.3 is 5.97 Å². The summed E-state index contributed by atoms with van der Waals surface area (Å²) in [6.07, 6.45) is 3.73. The number of carboxylic acid groups (broad SMARTS) is 1. The normalized spacial score (nSPS) is 10.9. The lowest BCUT2D eigenvalue weighted by atomic mass is 10.2. The zero-order valence-electron chi connectivity index (χ0n) is 8.94. The van der Waals surface area contributed by atoms with Crippen molar-refractivity contribution in [2.24, 2.45) is 0 Å². The van der Waals surface area contributed by atoms with E-state index in [1.807, 2.05) is 0 Å². The predicted octanol–water partition coefficient (Wildman–Crippen LogP) is 1.17. The highest BCUT2D eigenvalue weighted by Crippen LogP contribution is 2.06. The minimum Gasteiger partial charge on any atom is -0.481 e. The lowest BCUT2D eigenvalue weighted by Gasteiger charge is -2.01. The fraction of sp³-hybridized carbons (Fsp3) is 0.273. The van der Waals surface area contributed by atoms with E-state index in [4.69, 9.17) is 5.11 Å². The largest absolute Gasteiger partial charge is 0.481 e. The molecule has 0 unspecified atom stereocenters. The SMILES string of the molecule is O=C(O)CCCc1cn2cc(F)cc2c(=O)[nH]1. The van der Waals surface area contributed by atoms with Gasteiger partial charge in [-0.15, -0.1) is 0 Å². The minimum absolute atomic E-state index is 0.0418. The van der Waals surface area contributed by atoms with E-state index in [-0.39, 0.29) is 17.5 Å². The Bertz CT molecular complexity index is 615. The number of nitrogens with one attached hydrogen (secondary N) is 1. The van der Waals surface area contributed by atoms with E-state index < -0.39 is 11.8 Å². The zero-order chi connectivity index (χ0) is 12.4. The molecule has 0 saturated heterocycles. The van der Waals surface area contributed by atoms with Crippen LogP contribution in [0.5, 0.6) is 0 Å². The summed E-state index contributed by atoms with van der Waals surface area (Å²) in [6, 6.07) is 1.15. The molecule has 2 rings (SSSR count). The fourth-order valence-corrected chi connectivity index (χ4v) is 1.70. The Kier molecular flexibility index (Phi) is 2.95. The molecule has 5 nitrogen and oxygen atoms in total. The van der Waals surface area contributed by atoms with Crippen molar-refractivity contribution in [1.82, 2.24) is 9.38 Å². The molecule has 17 heavy (non-hydrogen) atoms. The van der Waals surface area contributed by atoms with Crippen molar-refractivity contribution in [3.05, 3.63) is 40.3 Å². The van der Waals surface area contributed by atoms with E-state index in [9.17, 15) is 14.0 Å². The third kappa shape index (κ3) is 2.52. The first-order valence-electron chi connectivity index (χ1n) is 5.17. The van der Waals surface area contributed by atoms with Gasteiger partial charge in [0.25, 0.3) is 5.56 Å². The van der Waals surface area contributed by atoms with E-state index in [0.29, 0.717) is 18.5 Å². The van der Waals surface area contributed by atoms with Crippen molar-refractivity contribution in [3.8, 4) is 0 Å². The van der Waals surface area contributed by atoms with Crippen molar-refractivity contribution < 1.29 is 14.3 Å². The Balaban J connectivity index is 2.24. The van der Waals surface area contributed by atoms with Crippen molar-refractivity contribution >= 4 is 11.5 Å². The van der Waals surface area contributed by atoms with Crippen molar-refractivity contribution in [1.29, 1.82) is 0 Å². The Hall–Kier alpha value is -2.11. The maximum absolute atomic E-state index is 12.9. The molecule has 0 aliphatic rings. The molecule has 2 aromatic heterocycles. The van der Waals surface area contributed by atoms with Crippen molar-refractivity contribution in [2.45, 2.75) is 19.3 Å². The summed E-state index contributed by atoms with van der Waals surface area (Å²) < 4.78 is 14.3. The number of nitrogens with zero attached hydrogens (tertiary/aromatic N) is 1. The van der Waals surface area contributed by atoms with Crippen LogP contribution in [0.3, 0.4) is 0 Å². The molecule has 0 amide bonds. The first-order valence-corrected chi connectivity index (χ1v) is 5.17. The standard InChI is InChI=1S/C11H11FN2O3/c12-7-4-9-11(17)13-8(6-14(9)5-7)2-1-3-10(15)16/h4-6H,1-3H2,(H,13,17)(H,15,16). The van der Waals surface area contributed by atoms with Gasteiger partial charge in [0.1, 0.15) is 11.3 Å². The Morgan fingerprint density at radius 3 is 2.94 bits per heavy atom. The third-order valence-electron chi connectivity index (χ3n) is 2.45. The highest BCUT2D eigenvalue weighted by atomic mass is 19.1. The molecular formula is C11H11FN2O3. The molecule has 2 N–H and O–H groups in total. The van der Waals surface area contributed by atoms with E-state index in [0.717, 1.165) is 6.07 Å². The molecule has 0 radical (unpaired) electrons. The number of carboxylic acids is 1. The molecule has 0 aliphatic carbocycles. The second kappa shape index (κ2) is 4.40. The van der Waals surface area contributed by atoms with Crippen molar-refractivity contribution in [2.75, 3.05) is 0 Å². The van der Waals surface area contributed by atoms with E-state index in [1.54, 1.807) is 6.20 Å². The number of fused-ring (bicyclic) bond motifs is 1. The maximum atomic E-state index is 12.9. The molecule has 0 bridgehead atoms. The Morgan fingerprint density at radius 2 is 2.24 bits per heavy atom. The van der Waals surface area contributed by atoms with Crippen LogP contribution in [0.25, 0.3) is 5.52 Å². The zero-order valence-corrected chi connectivity index (χ0v) is 8.94. The first kappa shape index (κ1) is 11.4. The molecule has 2 aromatic rings. The molecule has 0 fully saturated rings. The van der Waals surface area contributed by atoms with Crippen LogP contribution in [0.1, 0.15) is 18.5 Å². The number of H-pyrrole nitrogens is 1. The number of aromatic nitrogens is 2. The van der Waals surface area contributed by atoms with Crippen LogP contribution in [0.15, 0.2) is 23.3 Å². The number of carbonyl (C=O) groups is 1. The minimum atomic E-state index is -0.875. The van der Waals surface area contributed by atoms with Gasteiger partial charge in [0.05, 0.1) is 0 Å². The van der Waals surface area contributed by atoms with E-state index >= 15 is 0 Å². The molecule has 0 atom stereocenters. The predicted molar refractivity (Wildman–Crippen MR) is 58.5 cm³/mol. The first-order chi connectivity index (χ1) is 8.06. The monoisotopic (exact) mass is 238 g/mol. The highest BCUT2D eigenvalue weighted by Gasteiger charge is 2.05. The van der Waals surface area contributed by atoms with Crippen LogP contribution < -0.4 is 5.56 Å². The van der Waals surface area contributed by atoms with Gasteiger partial charge in [-0.1, -0.05) is 0 Å². The number of aryl methyl sites for hydroxylation is 1. The van der Waals surface area contributed by atoms with Crippen molar-refractivity contribution in [3.63, 3.8) is 0 Å². The third-order valence-corrected chi connectivity index (χ3v) is 2.45. The second-order valence-corrected chi connectivity index (χ2v) is 3.81. The average molecular weight is 238 g/mol. The molecule has 0 aliphatic heterocycles. The number of rotatable bonds is 4. The molecule has 6 heteroatoms. The molecular weight excluding hydrogens is 227 g/mol. The van der Waals surface area contributed by atoms with Gasteiger partial charge in [-0.3, -0.25) is 9.59 Å². The summed E-state index contributed by atoms with van der Waals surface area (Å²) >= 11 is 0. The van der Waals surface area contributed by atoms with Crippen LogP contribution in [0.2, 0.25) is 0 Å². The number of halogens is 1. The fourth-order valence-electron chi connectivity index (χ4n) is 1.70. The number of aromatic amines is 1. The molecule has 0 aromatic carbocycles. The summed E-state index contributed by atoms with van der Waals surface area (Å²) in [5.41, 5.74) is 0.463. The summed E-state index contributed by atoms with van der Waals surface area (Å²) in [5, 5.41) is 8.49. The highest BCUT2D eigenvalue weighted by molar-refractivity contribution is 5.66. The van der Waals surface area contributed by atoms with Gasteiger partial charge in [-0.25, -0.2) is 4.39 Å².